The summed E-state index contributed by atoms with van der Waals surface area (Å²) in [7, 11) is 0. The Labute approximate surface area is 124 Å². The van der Waals surface area contributed by atoms with Gasteiger partial charge in [-0.1, -0.05) is 11.6 Å². The minimum Gasteiger partial charge on any atom is -0.455 e. The normalized spacial score (nSPS) is 25.5. The third kappa shape index (κ3) is 2.66. The lowest BCUT2D eigenvalue weighted by atomic mass is 9.83. The molecule has 0 unspecified atom stereocenters. The maximum Gasteiger partial charge on any atom is 0.289 e. The number of rotatable bonds is 3. The van der Waals surface area contributed by atoms with E-state index in [0.29, 0.717) is 17.6 Å². The average molecular weight is 291 g/mol. The standard InChI is InChI=1S/C16H21NO2S/c1-11-3-4-12-8-17(9-13(12)7-11)16(18)15-6-5-14(19-15)10-20-2/h3,5-6,12-13H,4,7-10H2,1-2H3/t12-,13+/m0/s1. The zero-order valence-corrected chi connectivity index (χ0v) is 12.9. The summed E-state index contributed by atoms with van der Waals surface area (Å²) in [6, 6.07) is 3.73. The summed E-state index contributed by atoms with van der Waals surface area (Å²) in [4.78, 5) is 14.5. The van der Waals surface area contributed by atoms with Crippen molar-refractivity contribution in [1.29, 1.82) is 0 Å². The summed E-state index contributed by atoms with van der Waals surface area (Å²) in [5, 5.41) is 0. The zero-order chi connectivity index (χ0) is 14.1. The highest BCUT2D eigenvalue weighted by Gasteiger charge is 2.37. The molecule has 2 aliphatic rings. The number of amides is 1. The van der Waals surface area contributed by atoms with Crippen LogP contribution in [0.5, 0.6) is 0 Å². The van der Waals surface area contributed by atoms with E-state index in [1.165, 1.54) is 5.57 Å². The fourth-order valence-corrected chi connectivity index (χ4v) is 3.76. The van der Waals surface area contributed by atoms with E-state index in [2.05, 4.69) is 13.0 Å². The first kappa shape index (κ1) is 13.8. The molecule has 0 spiro atoms. The molecule has 2 heterocycles. The van der Waals surface area contributed by atoms with Crippen molar-refractivity contribution in [3.05, 3.63) is 35.3 Å². The lowest BCUT2D eigenvalue weighted by Gasteiger charge is -2.21. The highest BCUT2D eigenvalue weighted by molar-refractivity contribution is 7.97. The number of hydrogen-bond acceptors (Lipinski definition) is 3. The van der Waals surface area contributed by atoms with E-state index >= 15 is 0 Å². The Bertz CT molecular complexity index is 534. The number of nitrogens with zero attached hydrogens (tertiary/aromatic N) is 1. The van der Waals surface area contributed by atoms with Crippen LogP contribution in [-0.2, 0) is 5.75 Å². The molecule has 2 atom stereocenters. The van der Waals surface area contributed by atoms with Crippen molar-refractivity contribution in [2.75, 3.05) is 19.3 Å². The molecule has 1 aromatic heterocycles. The number of fused-ring (bicyclic) bond motifs is 1. The van der Waals surface area contributed by atoms with Gasteiger partial charge in [-0.2, -0.15) is 11.8 Å². The minimum absolute atomic E-state index is 0.0596. The molecule has 1 aromatic rings. The van der Waals surface area contributed by atoms with Gasteiger partial charge in [0, 0.05) is 13.1 Å². The van der Waals surface area contributed by atoms with Crippen LogP contribution >= 0.6 is 11.8 Å². The first-order chi connectivity index (χ1) is 9.67. The van der Waals surface area contributed by atoms with Crippen LogP contribution in [0.2, 0.25) is 0 Å². The third-order valence-corrected chi connectivity index (χ3v) is 4.95. The summed E-state index contributed by atoms with van der Waals surface area (Å²) in [6.07, 6.45) is 6.63. The molecule has 4 heteroatoms. The molecule has 1 aliphatic heterocycles. The van der Waals surface area contributed by atoms with Crippen LogP contribution in [0.4, 0.5) is 0 Å². The predicted molar refractivity (Wildman–Crippen MR) is 81.8 cm³/mol. The number of hydrogen-bond donors (Lipinski definition) is 0. The van der Waals surface area contributed by atoms with Crippen molar-refractivity contribution in [3.63, 3.8) is 0 Å². The van der Waals surface area contributed by atoms with Crippen molar-refractivity contribution >= 4 is 17.7 Å². The van der Waals surface area contributed by atoms with Crippen LogP contribution < -0.4 is 0 Å². The molecule has 1 saturated heterocycles. The van der Waals surface area contributed by atoms with Gasteiger partial charge in [-0.25, -0.2) is 0 Å². The van der Waals surface area contributed by atoms with E-state index in [0.717, 1.165) is 37.4 Å². The second-order valence-electron chi connectivity index (χ2n) is 5.92. The Balaban J connectivity index is 1.66. The first-order valence-electron chi connectivity index (χ1n) is 7.20. The first-order valence-corrected chi connectivity index (χ1v) is 8.59. The lowest BCUT2D eigenvalue weighted by molar-refractivity contribution is 0.0751. The fraction of sp³-hybridized carbons (Fsp3) is 0.562. The van der Waals surface area contributed by atoms with Crippen LogP contribution in [0, 0.1) is 11.8 Å². The van der Waals surface area contributed by atoms with E-state index in [9.17, 15) is 4.79 Å². The van der Waals surface area contributed by atoms with Gasteiger partial charge < -0.3 is 9.32 Å². The Morgan fingerprint density at radius 1 is 1.40 bits per heavy atom. The second-order valence-corrected chi connectivity index (χ2v) is 6.79. The van der Waals surface area contributed by atoms with Crippen molar-refractivity contribution in [2.45, 2.75) is 25.5 Å². The van der Waals surface area contributed by atoms with Crippen LogP contribution in [-0.4, -0.2) is 30.2 Å². The van der Waals surface area contributed by atoms with E-state index in [4.69, 9.17) is 4.42 Å². The number of furan rings is 1. The molecule has 20 heavy (non-hydrogen) atoms. The highest BCUT2D eigenvalue weighted by atomic mass is 32.2. The summed E-state index contributed by atoms with van der Waals surface area (Å²) in [5.74, 6) is 3.55. The summed E-state index contributed by atoms with van der Waals surface area (Å²) < 4.78 is 5.65. The lowest BCUT2D eigenvalue weighted by Crippen LogP contribution is -2.28. The monoisotopic (exact) mass is 291 g/mol. The van der Waals surface area contributed by atoms with Crippen LogP contribution in [0.25, 0.3) is 0 Å². The van der Waals surface area contributed by atoms with Gasteiger partial charge in [0.15, 0.2) is 5.76 Å². The van der Waals surface area contributed by atoms with E-state index in [-0.39, 0.29) is 5.91 Å². The number of allylic oxidation sites excluding steroid dienone is 2. The van der Waals surface area contributed by atoms with Gasteiger partial charge in [0.25, 0.3) is 5.91 Å². The molecule has 0 bridgehead atoms. The van der Waals surface area contributed by atoms with Crippen LogP contribution in [0.3, 0.4) is 0 Å². The van der Waals surface area contributed by atoms with Crippen LogP contribution in [0.1, 0.15) is 36.1 Å². The smallest absolute Gasteiger partial charge is 0.289 e. The molecule has 0 N–H and O–H groups in total. The van der Waals surface area contributed by atoms with E-state index in [1.54, 1.807) is 11.8 Å². The molecule has 0 radical (unpaired) electrons. The van der Waals surface area contributed by atoms with Gasteiger partial charge in [0.1, 0.15) is 5.76 Å². The molecule has 108 valence electrons. The van der Waals surface area contributed by atoms with Gasteiger partial charge in [-0.3, -0.25) is 4.79 Å². The maximum atomic E-state index is 12.5. The maximum absolute atomic E-state index is 12.5. The van der Waals surface area contributed by atoms with Crippen molar-refractivity contribution < 1.29 is 9.21 Å². The Hall–Kier alpha value is -1.16. The quantitative estimate of drug-likeness (QED) is 0.798. The Kier molecular flexibility index (Phi) is 3.92. The van der Waals surface area contributed by atoms with Crippen molar-refractivity contribution in [2.24, 2.45) is 11.8 Å². The SMILES string of the molecule is CSCc1ccc(C(=O)N2C[C@H]3CC(C)=CC[C@H]3C2)o1. The molecule has 0 saturated carbocycles. The highest BCUT2D eigenvalue weighted by Crippen LogP contribution is 2.36. The van der Waals surface area contributed by atoms with Gasteiger partial charge in [-0.05, 0) is 50.0 Å². The van der Waals surface area contributed by atoms with E-state index < -0.39 is 0 Å². The number of carbonyl (C=O) groups is 1. The topological polar surface area (TPSA) is 33.5 Å². The Morgan fingerprint density at radius 3 is 3.00 bits per heavy atom. The number of likely N-dealkylation sites (tertiary alicyclic amines) is 1. The number of carbonyl (C=O) groups excluding carboxylic acids is 1. The van der Waals surface area contributed by atoms with Crippen molar-refractivity contribution in [1.82, 2.24) is 4.90 Å². The van der Waals surface area contributed by atoms with Gasteiger partial charge in [0.05, 0.1) is 5.75 Å². The predicted octanol–water partition coefficient (Wildman–Crippen LogP) is 3.57. The van der Waals surface area contributed by atoms with Crippen LogP contribution in [0.15, 0.2) is 28.2 Å². The average Bonchev–Trinajstić information content (AvgIpc) is 3.04. The Morgan fingerprint density at radius 2 is 2.20 bits per heavy atom. The summed E-state index contributed by atoms with van der Waals surface area (Å²) in [5.41, 5.74) is 1.47. The second kappa shape index (κ2) is 5.68. The zero-order valence-electron chi connectivity index (χ0n) is 12.1. The fourth-order valence-electron chi connectivity index (χ4n) is 3.32. The molecule has 1 amide bonds. The van der Waals surface area contributed by atoms with E-state index in [1.807, 2.05) is 23.3 Å². The molecule has 3 nitrogen and oxygen atoms in total. The molecular weight excluding hydrogens is 270 g/mol. The molecule has 1 fully saturated rings. The molecule has 1 aliphatic carbocycles. The summed E-state index contributed by atoms with van der Waals surface area (Å²) in [6.45, 7) is 3.96. The third-order valence-electron chi connectivity index (χ3n) is 4.38. The molecule has 0 aromatic carbocycles. The van der Waals surface area contributed by atoms with Gasteiger partial charge in [-0.15, -0.1) is 0 Å². The minimum atomic E-state index is 0.0596. The van der Waals surface area contributed by atoms with Gasteiger partial charge >= 0.3 is 0 Å². The molecular formula is C16H21NO2S. The van der Waals surface area contributed by atoms with Crippen molar-refractivity contribution in [3.8, 4) is 0 Å². The summed E-state index contributed by atoms with van der Waals surface area (Å²) >= 11 is 1.70. The number of thioether (sulfide) groups is 1. The molecule has 3 rings (SSSR count). The largest absolute Gasteiger partial charge is 0.455 e. The van der Waals surface area contributed by atoms with Gasteiger partial charge in [0.2, 0.25) is 0 Å².